The van der Waals surface area contributed by atoms with Gasteiger partial charge < -0.3 is 15.0 Å². The predicted molar refractivity (Wildman–Crippen MR) is 118 cm³/mol. The normalized spacial score (nSPS) is 11.0. The van der Waals surface area contributed by atoms with Crippen LogP contribution in [-0.4, -0.2) is 43.7 Å². The summed E-state index contributed by atoms with van der Waals surface area (Å²) in [5, 5.41) is 3.96. The van der Waals surface area contributed by atoms with Gasteiger partial charge in [0.2, 0.25) is 0 Å². The maximum Gasteiger partial charge on any atom is 0.252 e. The number of hydrogen-bond acceptors (Lipinski definition) is 3. The van der Waals surface area contributed by atoms with Crippen LogP contribution in [0.1, 0.15) is 31.1 Å². The number of nitrogens with zero attached hydrogens (tertiary/aromatic N) is 1. The van der Waals surface area contributed by atoms with Gasteiger partial charge in [-0.1, -0.05) is 18.2 Å². The molecule has 1 heterocycles. The summed E-state index contributed by atoms with van der Waals surface area (Å²) in [6.45, 7) is 10.6. The smallest absolute Gasteiger partial charge is 0.252 e. The molecule has 3 rings (SSSR count). The molecule has 0 unspecified atom stereocenters. The van der Waals surface area contributed by atoms with E-state index in [4.69, 9.17) is 9.72 Å². The van der Waals surface area contributed by atoms with Crippen LogP contribution in [0.2, 0.25) is 0 Å². The summed E-state index contributed by atoms with van der Waals surface area (Å²) in [6.07, 6.45) is 0. The molecular weight excluding hydrogens is 362 g/mol. The van der Waals surface area contributed by atoms with Gasteiger partial charge in [-0.05, 0) is 57.2 Å². The number of hydrogen-bond donors (Lipinski definition) is 2. The number of amides is 1. The lowest BCUT2D eigenvalue weighted by Gasteiger charge is -2.16. The van der Waals surface area contributed by atoms with Crippen LogP contribution in [0, 0.1) is 0 Å². The average Bonchev–Trinajstić information content (AvgIpc) is 2.76. The zero-order valence-electron chi connectivity index (χ0n) is 17.5. The van der Waals surface area contributed by atoms with Crippen LogP contribution in [0.5, 0.6) is 5.75 Å². The van der Waals surface area contributed by atoms with Gasteiger partial charge in [0.05, 0.1) is 49.6 Å². The van der Waals surface area contributed by atoms with Crippen LogP contribution in [0.4, 0.5) is 0 Å². The molecule has 0 atom stereocenters. The van der Waals surface area contributed by atoms with Crippen molar-refractivity contribution in [2.45, 2.75) is 20.8 Å². The largest absolute Gasteiger partial charge is 0.494 e. The first-order valence-corrected chi connectivity index (χ1v) is 10.4. The molecule has 0 spiro atoms. The van der Waals surface area contributed by atoms with Crippen molar-refractivity contribution in [3.63, 3.8) is 0 Å². The van der Waals surface area contributed by atoms with E-state index in [1.54, 1.807) is 0 Å². The number of aromatic nitrogens is 1. The Bertz CT molecular complexity index is 950. The standard InChI is InChI=1S/C24H29N3O2/c1-4-27(5-2)16-15-25-24(28)21-17-23(26-22-10-8-7-9-20(21)22)18-11-13-19(14-12-18)29-6-3/h7-14,17H,4-6,15-16H2,1-3H3,(H,25,28)/p+1. The second-order valence-corrected chi connectivity index (χ2v) is 6.99. The van der Waals surface area contributed by atoms with Crippen LogP contribution in [-0.2, 0) is 0 Å². The zero-order valence-corrected chi connectivity index (χ0v) is 17.5. The Balaban J connectivity index is 1.88. The molecule has 152 valence electrons. The van der Waals surface area contributed by atoms with E-state index in [1.165, 1.54) is 4.90 Å². The van der Waals surface area contributed by atoms with E-state index in [9.17, 15) is 4.79 Å². The molecule has 2 aromatic carbocycles. The van der Waals surface area contributed by atoms with Crippen LogP contribution in [0.25, 0.3) is 22.2 Å². The highest BCUT2D eigenvalue weighted by Crippen LogP contribution is 2.26. The molecule has 0 aliphatic heterocycles. The Labute approximate surface area is 172 Å². The van der Waals surface area contributed by atoms with Crippen LogP contribution in [0.15, 0.2) is 54.6 Å². The van der Waals surface area contributed by atoms with Crippen molar-refractivity contribution in [3.8, 4) is 17.0 Å². The average molecular weight is 393 g/mol. The third-order valence-corrected chi connectivity index (χ3v) is 5.19. The van der Waals surface area contributed by atoms with E-state index in [2.05, 4.69) is 19.2 Å². The summed E-state index contributed by atoms with van der Waals surface area (Å²) in [4.78, 5) is 19.2. The van der Waals surface area contributed by atoms with Gasteiger partial charge >= 0.3 is 0 Å². The Hall–Kier alpha value is -2.92. The number of carbonyl (C=O) groups excluding carboxylic acids is 1. The van der Waals surface area contributed by atoms with Crippen molar-refractivity contribution in [1.82, 2.24) is 10.3 Å². The van der Waals surface area contributed by atoms with Crippen molar-refractivity contribution in [2.75, 3.05) is 32.8 Å². The Morgan fingerprint density at radius 3 is 2.45 bits per heavy atom. The SMILES string of the molecule is CCOc1ccc(-c2cc(C(=O)NCC[NH+](CC)CC)c3ccccc3n2)cc1. The minimum Gasteiger partial charge on any atom is -0.494 e. The van der Waals surface area contributed by atoms with E-state index in [1.807, 2.05) is 61.5 Å². The van der Waals surface area contributed by atoms with Crippen molar-refractivity contribution >= 4 is 16.8 Å². The summed E-state index contributed by atoms with van der Waals surface area (Å²) in [5.41, 5.74) is 3.22. The molecule has 0 aliphatic rings. The number of quaternary nitrogens is 1. The fourth-order valence-electron chi connectivity index (χ4n) is 3.45. The van der Waals surface area contributed by atoms with Gasteiger partial charge in [0.15, 0.2) is 0 Å². The van der Waals surface area contributed by atoms with Crippen molar-refractivity contribution in [1.29, 1.82) is 0 Å². The summed E-state index contributed by atoms with van der Waals surface area (Å²) in [5.74, 6) is 0.774. The molecule has 1 amide bonds. The summed E-state index contributed by atoms with van der Waals surface area (Å²) in [6, 6.07) is 17.5. The molecule has 29 heavy (non-hydrogen) atoms. The molecule has 0 fully saturated rings. The van der Waals surface area contributed by atoms with E-state index >= 15 is 0 Å². The van der Waals surface area contributed by atoms with E-state index in [-0.39, 0.29) is 5.91 Å². The second-order valence-electron chi connectivity index (χ2n) is 6.99. The number of nitrogens with one attached hydrogen (secondary N) is 2. The minimum absolute atomic E-state index is 0.0534. The van der Waals surface area contributed by atoms with E-state index < -0.39 is 0 Å². The third-order valence-electron chi connectivity index (χ3n) is 5.19. The zero-order chi connectivity index (χ0) is 20.6. The lowest BCUT2D eigenvalue weighted by Crippen LogP contribution is -3.12. The van der Waals surface area contributed by atoms with Crippen molar-refractivity contribution < 1.29 is 14.4 Å². The van der Waals surface area contributed by atoms with Gasteiger partial charge in [-0.15, -0.1) is 0 Å². The van der Waals surface area contributed by atoms with Gasteiger partial charge in [0.25, 0.3) is 5.91 Å². The maximum atomic E-state index is 13.0. The van der Waals surface area contributed by atoms with Crippen molar-refractivity contribution in [2.24, 2.45) is 0 Å². The number of benzene rings is 2. The topological polar surface area (TPSA) is 55.7 Å². The third kappa shape index (κ3) is 5.12. The Morgan fingerprint density at radius 2 is 1.76 bits per heavy atom. The first kappa shape index (κ1) is 20.8. The Morgan fingerprint density at radius 1 is 1.03 bits per heavy atom. The molecule has 5 nitrogen and oxygen atoms in total. The number of para-hydroxylation sites is 1. The summed E-state index contributed by atoms with van der Waals surface area (Å²) >= 11 is 0. The number of pyridine rings is 1. The number of rotatable bonds is 9. The quantitative estimate of drug-likeness (QED) is 0.589. The second kappa shape index (κ2) is 10.0. The van der Waals surface area contributed by atoms with Gasteiger partial charge in [0, 0.05) is 10.9 Å². The van der Waals surface area contributed by atoms with Gasteiger partial charge in [-0.25, -0.2) is 4.98 Å². The molecule has 0 bridgehead atoms. The summed E-state index contributed by atoms with van der Waals surface area (Å²) < 4.78 is 5.52. The van der Waals surface area contributed by atoms with Gasteiger partial charge in [-0.3, -0.25) is 4.79 Å². The molecular formula is C24H30N3O2+. The molecule has 0 saturated carbocycles. The lowest BCUT2D eigenvalue weighted by atomic mass is 10.0. The highest BCUT2D eigenvalue weighted by atomic mass is 16.5. The fourth-order valence-corrected chi connectivity index (χ4v) is 3.45. The lowest BCUT2D eigenvalue weighted by molar-refractivity contribution is -0.895. The number of ether oxygens (including phenoxy) is 1. The summed E-state index contributed by atoms with van der Waals surface area (Å²) in [7, 11) is 0. The highest BCUT2D eigenvalue weighted by molar-refractivity contribution is 6.07. The molecule has 3 aromatic rings. The minimum atomic E-state index is -0.0534. The predicted octanol–water partition coefficient (Wildman–Crippen LogP) is 2.96. The molecule has 0 saturated heterocycles. The number of fused-ring (bicyclic) bond motifs is 1. The maximum absolute atomic E-state index is 13.0. The van der Waals surface area contributed by atoms with Crippen molar-refractivity contribution in [3.05, 3.63) is 60.2 Å². The van der Waals surface area contributed by atoms with Crippen LogP contribution in [0.3, 0.4) is 0 Å². The number of carbonyl (C=O) groups is 1. The fraction of sp³-hybridized carbons (Fsp3) is 0.333. The van der Waals surface area contributed by atoms with Gasteiger partial charge in [0.1, 0.15) is 5.75 Å². The number of likely N-dealkylation sites (N-methyl/N-ethyl adjacent to an activating group) is 1. The highest BCUT2D eigenvalue weighted by Gasteiger charge is 2.14. The van der Waals surface area contributed by atoms with E-state index in [0.29, 0.717) is 18.7 Å². The van der Waals surface area contributed by atoms with Crippen LogP contribution >= 0.6 is 0 Å². The molecule has 0 radical (unpaired) electrons. The molecule has 5 heteroatoms. The first-order chi connectivity index (χ1) is 14.2. The first-order valence-electron chi connectivity index (χ1n) is 10.4. The van der Waals surface area contributed by atoms with E-state index in [0.717, 1.165) is 47.5 Å². The molecule has 2 N–H and O–H groups in total. The monoisotopic (exact) mass is 392 g/mol. The molecule has 0 aliphatic carbocycles. The molecule has 1 aromatic heterocycles. The van der Waals surface area contributed by atoms with Gasteiger partial charge in [-0.2, -0.15) is 0 Å². The Kier molecular flexibility index (Phi) is 7.19. The van der Waals surface area contributed by atoms with Crippen LogP contribution < -0.4 is 15.0 Å².